The molecule has 3 N–H and O–H groups in total. The number of halogens is 1. The van der Waals surface area contributed by atoms with Crippen LogP contribution in [-0.2, 0) is 16.4 Å². The molecule has 5 nitrogen and oxygen atoms in total. The monoisotopic (exact) mass is 414 g/mol. The second-order valence-electron chi connectivity index (χ2n) is 6.31. The SMILES string of the molecule is NS(=O)(=O)c1ccc(Cl)c(C(=O)NC(Cc2ccccc2)c2ccccc2)c1. The van der Waals surface area contributed by atoms with Gasteiger partial charge >= 0.3 is 0 Å². The van der Waals surface area contributed by atoms with Gasteiger partial charge in [-0.3, -0.25) is 4.79 Å². The summed E-state index contributed by atoms with van der Waals surface area (Å²) < 4.78 is 23.2. The first-order chi connectivity index (χ1) is 13.3. The summed E-state index contributed by atoms with van der Waals surface area (Å²) in [5.74, 6) is -0.472. The van der Waals surface area contributed by atoms with Crippen molar-refractivity contribution in [3.8, 4) is 0 Å². The van der Waals surface area contributed by atoms with Crippen molar-refractivity contribution >= 4 is 27.5 Å². The van der Waals surface area contributed by atoms with Gasteiger partial charge in [-0.1, -0.05) is 72.3 Å². The van der Waals surface area contributed by atoms with Crippen LogP contribution in [0.1, 0.15) is 27.5 Å². The number of carbonyl (C=O) groups excluding carboxylic acids is 1. The van der Waals surface area contributed by atoms with E-state index in [1.165, 1.54) is 18.2 Å². The van der Waals surface area contributed by atoms with E-state index in [9.17, 15) is 13.2 Å². The zero-order chi connectivity index (χ0) is 20.1. The van der Waals surface area contributed by atoms with E-state index in [-0.39, 0.29) is 21.5 Å². The van der Waals surface area contributed by atoms with Crippen LogP contribution in [0.25, 0.3) is 0 Å². The number of rotatable bonds is 6. The summed E-state index contributed by atoms with van der Waals surface area (Å²) >= 11 is 6.13. The van der Waals surface area contributed by atoms with Crippen LogP contribution in [0.3, 0.4) is 0 Å². The minimum atomic E-state index is -3.94. The third-order valence-corrected chi connectivity index (χ3v) is 5.54. The van der Waals surface area contributed by atoms with Crippen LogP contribution in [-0.4, -0.2) is 14.3 Å². The zero-order valence-electron chi connectivity index (χ0n) is 14.9. The number of sulfonamides is 1. The van der Waals surface area contributed by atoms with Crippen molar-refractivity contribution in [3.05, 3.63) is 101 Å². The number of primary sulfonamides is 1. The average Bonchev–Trinajstić information content (AvgIpc) is 2.68. The average molecular weight is 415 g/mol. The van der Waals surface area contributed by atoms with E-state index in [1.54, 1.807) is 0 Å². The minimum absolute atomic E-state index is 0.0576. The van der Waals surface area contributed by atoms with Crippen LogP contribution in [0.15, 0.2) is 83.8 Å². The Morgan fingerprint density at radius 2 is 1.57 bits per heavy atom. The van der Waals surface area contributed by atoms with Crippen molar-refractivity contribution in [2.75, 3.05) is 0 Å². The fraction of sp³-hybridized carbons (Fsp3) is 0.0952. The summed E-state index contributed by atoms with van der Waals surface area (Å²) in [6, 6.07) is 22.8. The van der Waals surface area contributed by atoms with E-state index in [1.807, 2.05) is 60.7 Å². The van der Waals surface area contributed by atoms with Gasteiger partial charge in [0.05, 0.1) is 21.5 Å². The molecule has 0 aromatic heterocycles. The lowest BCUT2D eigenvalue weighted by Crippen LogP contribution is -2.30. The van der Waals surface area contributed by atoms with Crippen LogP contribution in [0.2, 0.25) is 5.02 Å². The Morgan fingerprint density at radius 3 is 2.18 bits per heavy atom. The molecular weight excluding hydrogens is 396 g/mol. The molecule has 3 aromatic rings. The number of nitrogens with two attached hydrogens (primary N) is 1. The Labute approximate surface area is 169 Å². The highest BCUT2D eigenvalue weighted by Crippen LogP contribution is 2.23. The van der Waals surface area contributed by atoms with Crippen molar-refractivity contribution in [2.45, 2.75) is 17.4 Å². The Kier molecular flexibility index (Phi) is 6.14. The normalized spacial score (nSPS) is 12.4. The lowest BCUT2D eigenvalue weighted by molar-refractivity contribution is 0.0936. The zero-order valence-corrected chi connectivity index (χ0v) is 16.5. The van der Waals surface area contributed by atoms with E-state index in [4.69, 9.17) is 16.7 Å². The molecule has 3 aromatic carbocycles. The highest BCUT2D eigenvalue weighted by molar-refractivity contribution is 7.89. The van der Waals surface area contributed by atoms with Gasteiger partial charge in [0.2, 0.25) is 10.0 Å². The maximum atomic E-state index is 12.9. The fourth-order valence-corrected chi connectivity index (χ4v) is 3.62. The summed E-state index contributed by atoms with van der Waals surface area (Å²) in [5.41, 5.74) is 2.04. The van der Waals surface area contributed by atoms with E-state index in [0.29, 0.717) is 6.42 Å². The molecule has 0 saturated carbocycles. The highest BCUT2D eigenvalue weighted by atomic mass is 35.5. The van der Waals surface area contributed by atoms with Crippen molar-refractivity contribution in [1.82, 2.24) is 5.32 Å². The van der Waals surface area contributed by atoms with E-state index >= 15 is 0 Å². The standard InChI is InChI=1S/C21H19ClN2O3S/c22-19-12-11-17(28(23,26)27)14-18(19)21(25)24-20(16-9-5-2-6-10-16)13-15-7-3-1-4-8-15/h1-12,14,20H,13H2,(H,24,25)(H2,23,26,27). The Hall–Kier alpha value is -2.67. The van der Waals surface area contributed by atoms with Gasteiger partial charge in [0.15, 0.2) is 0 Å². The number of hydrogen-bond acceptors (Lipinski definition) is 3. The highest BCUT2D eigenvalue weighted by Gasteiger charge is 2.20. The second-order valence-corrected chi connectivity index (χ2v) is 8.28. The molecule has 0 saturated heterocycles. The maximum Gasteiger partial charge on any atom is 0.253 e. The van der Waals surface area contributed by atoms with Gasteiger partial charge in [-0.25, -0.2) is 13.6 Å². The Morgan fingerprint density at radius 1 is 0.964 bits per heavy atom. The molecule has 1 unspecified atom stereocenters. The fourth-order valence-electron chi connectivity index (χ4n) is 2.88. The van der Waals surface area contributed by atoms with Crippen molar-refractivity contribution < 1.29 is 13.2 Å². The molecule has 0 radical (unpaired) electrons. The summed E-state index contributed by atoms with van der Waals surface area (Å²) in [6.07, 6.45) is 0.573. The molecule has 144 valence electrons. The number of benzene rings is 3. The molecule has 0 aliphatic rings. The minimum Gasteiger partial charge on any atom is -0.345 e. The largest absolute Gasteiger partial charge is 0.345 e. The van der Waals surface area contributed by atoms with Gasteiger partial charge in [-0.2, -0.15) is 0 Å². The Bertz CT molecular complexity index is 1070. The molecule has 1 amide bonds. The first kappa shape index (κ1) is 20.1. The van der Waals surface area contributed by atoms with Gasteiger partial charge in [-0.15, -0.1) is 0 Å². The number of amides is 1. The van der Waals surface area contributed by atoms with Gasteiger partial charge in [0.25, 0.3) is 5.91 Å². The van der Waals surface area contributed by atoms with Crippen molar-refractivity contribution in [1.29, 1.82) is 0 Å². The first-order valence-electron chi connectivity index (χ1n) is 8.56. The smallest absolute Gasteiger partial charge is 0.253 e. The van der Waals surface area contributed by atoms with E-state index in [2.05, 4.69) is 5.32 Å². The maximum absolute atomic E-state index is 12.9. The van der Waals surface area contributed by atoms with Crippen LogP contribution in [0, 0.1) is 0 Å². The molecule has 0 aliphatic carbocycles. The molecule has 0 bridgehead atoms. The van der Waals surface area contributed by atoms with E-state index < -0.39 is 15.9 Å². The number of hydrogen-bond donors (Lipinski definition) is 2. The summed E-state index contributed by atoms with van der Waals surface area (Å²) in [6.45, 7) is 0. The molecule has 0 spiro atoms. The van der Waals surface area contributed by atoms with Gasteiger partial charge in [0, 0.05) is 0 Å². The van der Waals surface area contributed by atoms with Crippen molar-refractivity contribution in [3.63, 3.8) is 0 Å². The van der Waals surface area contributed by atoms with Gasteiger partial charge < -0.3 is 5.32 Å². The summed E-state index contributed by atoms with van der Waals surface area (Å²) in [4.78, 5) is 12.7. The molecule has 0 heterocycles. The molecule has 0 fully saturated rings. The molecular formula is C21H19ClN2O3S. The molecule has 3 rings (SSSR count). The molecule has 28 heavy (non-hydrogen) atoms. The predicted molar refractivity (Wildman–Crippen MR) is 110 cm³/mol. The van der Waals surface area contributed by atoms with Gasteiger partial charge in [-0.05, 0) is 35.7 Å². The van der Waals surface area contributed by atoms with Crippen LogP contribution in [0.4, 0.5) is 0 Å². The lowest BCUT2D eigenvalue weighted by atomic mass is 9.98. The lowest BCUT2D eigenvalue weighted by Gasteiger charge is -2.20. The molecule has 7 heteroatoms. The molecule has 1 atom stereocenters. The van der Waals surface area contributed by atoms with Crippen LogP contribution < -0.4 is 10.5 Å². The first-order valence-corrected chi connectivity index (χ1v) is 10.5. The summed E-state index contributed by atoms with van der Waals surface area (Å²) in [5, 5.41) is 8.28. The van der Waals surface area contributed by atoms with Gasteiger partial charge in [0.1, 0.15) is 0 Å². The Balaban J connectivity index is 1.91. The third kappa shape index (κ3) is 4.98. The third-order valence-electron chi connectivity index (χ3n) is 4.30. The van der Waals surface area contributed by atoms with E-state index in [0.717, 1.165) is 11.1 Å². The van der Waals surface area contributed by atoms with Crippen molar-refractivity contribution in [2.24, 2.45) is 5.14 Å². The van der Waals surface area contributed by atoms with Crippen LogP contribution >= 0.6 is 11.6 Å². The topological polar surface area (TPSA) is 89.3 Å². The second kappa shape index (κ2) is 8.56. The predicted octanol–water partition coefficient (Wildman–Crippen LogP) is 3.70. The van der Waals surface area contributed by atoms with Crippen LogP contribution in [0.5, 0.6) is 0 Å². The number of nitrogens with one attached hydrogen (secondary N) is 1. The molecule has 0 aliphatic heterocycles. The number of carbonyl (C=O) groups is 1. The quantitative estimate of drug-likeness (QED) is 0.644. The summed E-state index contributed by atoms with van der Waals surface area (Å²) in [7, 11) is -3.94.